The van der Waals surface area contributed by atoms with Crippen LogP contribution in [0.2, 0.25) is 0 Å². The Morgan fingerprint density at radius 3 is 2.36 bits per heavy atom. The highest BCUT2D eigenvalue weighted by Gasteiger charge is 2.08. The standard InChI is InChI=1S/C20H23N3O5/c1-26-16-9-7-14(8-10-16)11-18(24)21-13-19(25)23-22-12-15-5-4-6-17(27-2)20(15)28-3/h4-10,12H,11,13H2,1-3H3,(H,21,24)(H,23,25)/b22-12-. The van der Waals surface area contributed by atoms with Gasteiger partial charge in [-0.25, -0.2) is 5.43 Å². The number of methoxy groups -OCH3 is 3. The Morgan fingerprint density at radius 1 is 0.964 bits per heavy atom. The summed E-state index contributed by atoms with van der Waals surface area (Å²) in [6.45, 7) is -0.179. The van der Waals surface area contributed by atoms with Crippen LogP contribution < -0.4 is 25.0 Å². The number of nitrogens with one attached hydrogen (secondary N) is 2. The van der Waals surface area contributed by atoms with Crippen LogP contribution in [0.5, 0.6) is 17.2 Å². The van der Waals surface area contributed by atoms with Gasteiger partial charge in [0.2, 0.25) is 5.91 Å². The first-order valence-electron chi connectivity index (χ1n) is 8.50. The van der Waals surface area contributed by atoms with Crippen LogP contribution in [0.4, 0.5) is 0 Å². The molecule has 0 heterocycles. The summed E-state index contributed by atoms with van der Waals surface area (Å²) < 4.78 is 15.6. The molecule has 0 saturated carbocycles. The molecule has 2 aromatic carbocycles. The average molecular weight is 385 g/mol. The second-order valence-electron chi connectivity index (χ2n) is 5.68. The van der Waals surface area contributed by atoms with Crippen molar-refractivity contribution in [1.29, 1.82) is 0 Å². The van der Waals surface area contributed by atoms with Crippen LogP contribution >= 0.6 is 0 Å². The average Bonchev–Trinajstić information content (AvgIpc) is 2.72. The Labute approximate surface area is 163 Å². The molecular weight excluding hydrogens is 362 g/mol. The highest BCUT2D eigenvalue weighted by molar-refractivity contribution is 5.88. The maximum Gasteiger partial charge on any atom is 0.259 e. The molecule has 8 heteroatoms. The van der Waals surface area contributed by atoms with Gasteiger partial charge in [-0.3, -0.25) is 9.59 Å². The van der Waals surface area contributed by atoms with E-state index in [-0.39, 0.29) is 18.9 Å². The van der Waals surface area contributed by atoms with Gasteiger partial charge < -0.3 is 19.5 Å². The fourth-order valence-corrected chi connectivity index (χ4v) is 2.40. The third kappa shape index (κ3) is 6.01. The summed E-state index contributed by atoms with van der Waals surface area (Å²) in [5.74, 6) is 1.08. The van der Waals surface area contributed by atoms with Crippen molar-refractivity contribution in [2.45, 2.75) is 6.42 Å². The molecule has 28 heavy (non-hydrogen) atoms. The molecule has 2 aromatic rings. The van der Waals surface area contributed by atoms with Gasteiger partial charge in [0.25, 0.3) is 5.91 Å². The molecule has 0 fully saturated rings. The minimum Gasteiger partial charge on any atom is -0.497 e. The number of ether oxygens (including phenoxy) is 3. The maximum absolute atomic E-state index is 11.9. The van der Waals surface area contributed by atoms with Crippen molar-refractivity contribution in [3.05, 3.63) is 53.6 Å². The molecule has 0 aliphatic heterocycles. The molecular formula is C20H23N3O5. The fraction of sp³-hybridized carbons (Fsp3) is 0.250. The Balaban J connectivity index is 1.80. The van der Waals surface area contributed by atoms with Gasteiger partial charge in [-0.1, -0.05) is 18.2 Å². The van der Waals surface area contributed by atoms with Crippen molar-refractivity contribution < 1.29 is 23.8 Å². The molecule has 0 aromatic heterocycles. The molecule has 0 spiro atoms. The van der Waals surface area contributed by atoms with Gasteiger partial charge in [-0.15, -0.1) is 0 Å². The zero-order chi connectivity index (χ0) is 20.4. The number of amides is 2. The molecule has 0 radical (unpaired) electrons. The minimum atomic E-state index is -0.443. The van der Waals surface area contributed by atoms with Crippen molar-refractivity contribution in [3.63, 3.8) is 0 Å². The van der Waals surface area contributed by atoms with E-state index < -0.39 is 5.91 Å². The van der Waals surface area contributed by atoms with Gasteiger partial charge in [-0.2, -0.15) is 5.10 Å². The van der Waals surface area contributed by atoms with Crippen LogP contribution in [0.25, 0.3) is 0 Å². The molecule has 2 rings (SSSR count). The third-order valence-corrected chi connectivity index (χ3v) is 3.80. The molecule has 0 atom stereocenters. The maximum atomic E-state index is 11.9. The van der Waals surface area contributed by atoms with Crippen molar-refractivity contribution in [1.82, 2.24) is 10.7 Å². The molecule has 8 nitrogen and oxygen atoms in total. The van der Waals surface area contributed by atoms with Crippen LogP contribution in [0.1, 0.15) is 11.1 Å². The van der Waals surface area contributed by atoms with E-state index in [9.17, 15) is 9.59 Å². The van der Waals surface area contributed by atoms with E-state index in [1.807, 2.05) is 0 Å². The van der Waals surface area contributed by atoms with E-state index in [4.69, 9.17) is 14.2 Å². The van der Waals surface area contributed by atoms with Gasteiger partial charge in [0, 0.05) is 5.56 Å². The van der Waals surface area contributed by atoms with E-state index >= 15 is 0 Å². The lowest BCUT2D eigenvalue weighted by atomic mass is 10.1. The molecule has 0 bridgehead atoms. The largest absolute Gasteiger partial charge is 0.497 e. The van der Waals surface area contributed by atoms with Crippen molar-refractivity contribution in [2.75, 3.05) is 27.9 Å². The predicted octanol–water partition coefficient (Wildman–Crippen LogP) is 1.52. The number of hydrazone groups is 1. The SMILES string of the molecule is COc1ccc(CC(=O)NCC(=O)N/N=C\c2cccc(OC)c2OC)cc1. The minimum absolute atomic E-state index is 0.168. The van der Waals surface area contributed by atoms with Gasteiger partial charge in [0.1, 0.15) is 5.75 Å². The summed E-state index contributed by atoms with van der Waals surface area (Å²) in [7, 11) is 4.63. The van der Waals surface area contributed by atoms with Gasteiger partial charge in [0.05, 0.1) is 40.5 Å². The summed E-state index contributed by atoms with van der Waals surface area (Å²) in [5.41, 5.74) is 3.82. The molecule has 0 saturated heterocycles. The first-order chi connectivity index (χ1) is 13.6. The smallest absolute Gasteiger partial charge is 0.259 e. The monoisotopic (exact) mass is 385 g/mol. The van der Waals surface area contributed by atoms with Crippen LogP contribution in [-0.2, 0) is 16.0 Å². The lowest BCUT2D eigenvalue weighted by Crippen LogP contribution is -2.35. The number of carbonyl (C=O) groups is 2. The van der Waals surface area contributed by atoms with Crippen LogP contribution in [-0.4, -0.2) is 45.9 Å². The molecule has 2 amide bonds. The molecule has 0 aliphatic carbocycles. The normalized spacial score (nSPS) is 10.4. The van der Waals surface area contributed by atoms with Gasteiger partial charge in [0.15, 0.2) is 11.5 Å². The summed E-state index contributed by atoms with van der Waals surface area (Å²) >= 11 is 0. The molecule has 148 valence electrons. The van der Waals surface area contributed by atoms with E-state index in [0.29, 0.717) is 22.8 Å². The van der Waals surface area contributed by atoms with Crippen molar-refractivity contribution >= 4 is 18.0 Å². The number of benzene rings is 2. The first-order valence-corrected chi connectivity index (χ1v) is 8.50. The number of para-hydroxylation sites is 1. The zero-order valence-corrected chi connectivity index (χ0v) is 16.0. The van der Waals surface area contributed by atoms with Crippen molar-refractivity contribution in [3.8, 4) is 17.2 Å². The Hall–Kier alpha value is -3.55. The fourth-order valence-electron chi connectivity index (χ4n) is 2.40. The van der Waals surface area contributed by atoms with E-state index in [0.717, 1.165) is 5.56 Å². The molecule has 0 aliphatic rings. The van der Waals surface area contributed by atoms with Crippen LogP contribution in [0.15, 0.2) is 47.6 Å². The van der Waals surface area contributed by atoms with Gasteiger partial charge in [-0.05, 0) is 29.8 Å². The number of hydrogen-bond acceptors (Lipinski definition) is 6. The number of nitrogens with zero attached hydrogens (tertiary/aromatic N) is 1. The third-order valence-electron chi connectivity index (χ3n) is 3.80. The number of carbonyl (C=O) groups excluding carboxylic acids is 2. The van der Waals surface area contributed by atoms with E-state index in [1.165, 1.54) is 20.4 Å². The first kappa shape index (κ1) is 20.8. The van der Waals surface area contributed by atoms with Gasteiger partial charge >= 0.3 is 0 Å². The van der Waals surface area contributed by atoms with E-state index in [1.54, 1.807) is 49.6 Å². The predicted molar refractivity (Wildman–Crippen MR) is 105 cm³/mol. The topological polar surface area (TPSA) is 98.2 Å². The van der Waals surface area contributed by atoms with E-state index in [2.05, 4.69) is 15.8 Å². The second kappa shape index (κ2) is 10.6. The van der Waals surface area contributed by atoms with Crippen LogP contribution in [0.3, 0.4) is 0 Å². The summed E-state index contributed by atoms with van der Waals surface area (Å²) in [5, 5.41) is 6.43. The summed E-state index contributed by atoms with van der Waals surface area (Å²) in [6, 6.07) is 12.5. The molecule has 2 N–H and O–H groups in total. The lowest BCUT2D eigenvalue weighted by Gasteiger charge is -2.09. The van der Waals surface area contributed by atoms with Crippen LogP contribution in [0, 0.1) is 0 Å². The zero-order valence-electron chi connectivity index (χ0n) is 16.0. The Kier molecular flexibility index (Phi) is 7.83. The quantitative estimate of drug-likeness (QED) is 0.504. The number of rotatable bonds is 9. The van der Waals surface area contributed by atoms with Crippen molar-refractivity contribution in [2.24, 2.45) is 5.10 Å². The second-order valence-corrected chi connectivity index (χ2v) is 5.68. The summed E-state index contributed by atoms with van der Waals surface area (Å²) in [6.07, 6.45) is 1.61. The molecule has 0 unspecified atom stereocenters. The highest BCUT2D eigenvalue weighted by Crippen LogP contribution is 2.29. The summed E-state index contributed by atoms with van der Waals surface area (Å²) in [4.78, 5) is 23.8. The lowest BCUT2D eigenvalue weighted by molar-refractivity contribution is -0.125. The number of hydrogen-bond donors (Lipinski definition) is 2. The highest BCUT2D eigenvalue weighted by atomic mass is 16.5. The Morgan fingerprint density at radius 2 is 1.71 bits per heavy atom. The Bertz CT molecular complexity index is 834.